The lowest BCUT2D eigenvalue weighted by atomic mass is 10.1. The summed E-state index contributed by atoms with van der Waals surface area (Å²) in [4.78, 5) is 24.1. The minimum Gasteiger partial charge on any atom is -0.487 e. The molecule has 0 saturated heterocycles. The number of carbonyl (C=O) groups is 2. The molecule has 0 N–H and O–H groups in total. The summed E-state index contributed by atoms with van der Waals surface area (Å²) in [6.07, 6.45) is 1.61. The van der Waals surface area contributed by atoms with Crippen molar-refractivity contribution in [1.29, 1.82) is 0 Å². The molecule has 0 saturated carbocycles. The summed E-state index contributed by atoms with van der Waals surface area (Å²) >= 11 is 0. The van der Waals surface area contributed by atoms with Gasteiger partial charge in [0.1, 0.15) is 5.75 Å². The SMILES string of the molecule is CCOC(=O)/C(=C/c1ccc(OCC(=O)c2cccc(C)c2)cc1)OCC. The zero-order chi connectivity index (χ0) is 19.6. The Hall–Kier alpha value is -3.08. The quantitative estimate of drug-likeness (QED) is 0.287. The number of rotatable bonds is 9. The molecule has 0 fully saturated rings. The Bertz CT molecular complexity index is 806. The van der Waals surface area contributed by atoms with Gasteiger partial charge in [0.05, 0.1) is 13.2 Å². The van der Waals surface area contributed by atoms with E-state index in [0.29, 0.717) is 17.9 Å². The van der Waals surface area contributed by atoms with Gasteiger partial charge in [-0.05, 0) is 50.6 Å². The van der Waals surface area contributed by atoms with E-state index in [0.717, 1.165) is 11.1 Å². The smallest absolute Gasteiger partial charge is 0.373 e. The van der Waals surface area contributed by atoms with Crippen LogP contribution in [0.4, 0.5) is 0 Å². The van der Waals surface area contributed by atoms with Crippen LogP contribution in [-0.4, -0.2) is 31.6 Å². The van der Waals surface area contributed by atoms with Gasteiger partial charge in [0.25, 0.3) is 0 Å². The van der Waals surface area contributed by atoms with E-state index in [1.807, 2.05) is 25.1 Å². The van der Waals surface area contributed by atoms with Gasteiger partial charge in [0, 0.05) is 5.56 Å². The Kier molecular flexibility index (Phi) is 7.62. The molecule has 0 aliphatic carbocycles. The van der Waals surface area contributed by atoms with Gasteiger partial charge in [0.15, 0.2) is 12.4 Å². The van der Waals surface area contributed by atoms with Crippen LogP contribution in [0.3, 0.4) is 0 Å². The van der Waals surface area contributed by atoms with Gasteiger partial charge < -0.3 is 14.2 Å². The minimum absolute atomic E-state index is 0.0361. The highest BCUT2D eigenvalue weighted by atomic mass is 16.6. The van der Waals surface area contributed by atoms with Crippen LogP contribution in [0.2, 0.25) is 0 Å². The number of ketones is 1. The largest absolute Gasteiger partial charge is 0.487 e. The second-order valence-electron chi connectivity index (χ2n) is 5.81. The van der Waals surface area contributed by atoms with E-state index in [1.54, 1.807) is 50.3 Å². The van der Waals surface area contributed by atoms with E-state index in [2.05, 4.69) is 0 Å². The first kappa shape index (κ1) is 20.2. The fourth-order valence-electron chi connectivity index (χ4n) is 2.38. The van der Waals surface area contributed by atoms with E-state index < -0.39 is 5.97 Å². The summed E-state index contributed by atoms with van der Waals surface area (Å²) in [5.41, 5.74) is 2.43. The molecule has 0 bridgehead atoms. The van der Waals surface area contributed by atoms with Crippen LogP contribution in [0, 0.1) is 6.92 Å². The molecule has 0 aliphatic heterocycles. The zero-order valence-electron chi connectivity index (χ0n) is 15.9. The summed E-state index contributed by atoms with van der Waals surface area (Å²) in [6, 6.07) is 14.4. The van der Waals surface area contributed by atoms with Crippen LogP contribution >= 0.6 is 0 Å². The topological polar surface area (TPSA) is 61.8 Å². The molecule has 0 aromatic heterocycles. The molecule has 2 aromatic carbocycles. The molecule has 0 heterocycles. The molecular weight excluding hydrogens is 344 g/mol. The molecule has 0 spiro atoms. The summed E-state index contributed by atoms with van der Waals surface area (Å²) < 4.78 is 15.9. The van der Waals surface area contributed by atoms with E-state index in [-0.39, 0.29) is 24.8 Å². The van der Waals surface area contributed by atoms with Crippen LogP contribution in [0.1, 0.15) is 35.3 Å². The highest BCUT2D eigenvalue weighted by Crippen LogP contribution is 2.16. The van der Waals surface area contributed by atoms with Crippen molar-refractivity contribution in [2.45, 2.75) is 20.8 Å². The highest BCUT2D eigenvalue weighted by molar-refractivity contribution is 5.97. The van der Waals surface area contributed by atoms with Crippen molar-refractivity contribution >= 4 is 17.8 Å². The minimum atomic E-state index is -0.497. The van der Waals surface area contributed by atoms with Gasteiger partial charge in [-0.1, -0.05) is 35.9 Å². The predicted octanol–water partition coefficient (Wildman–Crippen LogP) is 4.20. The lowest BCUT2D eigenvalue weighted by Gasteiger charge is -2.09. The van der Waals surface area contributed by atoms with Gasteiger partial charge in [-0.15, -0.1) is 0 Å². The molecule has 0 amide bonds. The van der Waals surface area contributed by atoms with Crippen molar-refractivity contribution < 1.29 is 23.8 Å². The van der Waals surface area contributed by atoms with Crippen molar-refractivity contribution in [1.82, 2.24) is 0 Å². The van der Waals surface area contributed by atoms with Crippen molar-refractivity contribution in [3.8, 4) is 5.75 Å². The molecular formula is C22H24O5. The third kappa shape index (κ3) is 6.29. The maximum absolute atomic E-state index is 12.2. The molecule has 0 radical (unpaired) electrons. The first-order chi connectivity index (χ1) is 13.0. The molecule has 5 heteroatoms. The normalized spacial score (nSPS) is 11.0. The van der Waals surface area contributed by atoms with Crippen LogP contribution in [-0.2, 0) is 14.3 Å². The lowest BCUT2D eigenvalue weighted by Crippen LogP contribution is -2.11. The molecule has 2 rings (SSSR count). The van der Waals surface area contributed by atoms with Crippen molar-refractivity contribution in [2.24, 2.45) is 0 Å². The third-order valence-corrected chi connectivity index (χ3v) is 3.66. The van der Waals surface area contributed by atoms with Crippen molar-refractivity contribution in [3.63, 3.8) is 0 Å². The predicted molar refractivity (Wildman–Crippen MR) is 104 cm³/mol. The number of Topliss-reactive ketones (excluding diaryl/α,β-unsaturated/α-hetero) is 1. The molecule has 142 valence electrons. The molecule has 0 aliphatic rings. The molecule has 5 nitrogen and oxygen atoms in total. The Morgan fingerprint density at radius 2 is 1.67 bits per heavy atom. The fourth-order valence-corrected chi connectivity index (χ4v) is 2.38. The number of esters is 1. The number of benzene rings is 2. The van der Waals surface area contributed by atoms with Gasteiger partial charge in [-0.3, -0.25) is 4.79 Å². The molecule has 27 heavy (non-hydrogen) atoms. The fraction of sp³-hybridized carbons (Fsp3) is 0.273. The Labute approximate surface area is 159 Å². The lowest BCUT2D eigenvalue weighted by molar-refractivity contribution is -0.142. The van der Waals surface area contributed by atoms with Crippen molar-refractivity contribution in [3.05, 3.63) is 71.0 Å². The average molecular weight is 368 g/mol. The Morgan fingerprint density at radius 1 is 0.963 bits per heavy atom. The Morgan fingerprint density at radius 3 is 2.30 bits per heavy atom. The monoisotopic (exact) mass is 368 g/mol. The number of carbonyl (C=O) groups excluding carboxylic acids is 2. The maximum Gasteiger partial charge on any atom is 0.373 e. The number of hydrogen-bond donors (Lipinski definition) is 0. The average Bonchev–Trinajstić information content (AvgIpc) is 2.67. The molecule has 0 atom stereocenters. The van der Waals surface area contributed by atoms with Gasteiger partial charge >= 0.3 is 5.97 Å². The molecule has 0 unspecified atom stereocenters. The van der Waals surface area contributed by atoms with E-state index in [1.165, 1.54) is 0 Å². The van der Waals surface area contributed by atoms with E-state index >= 15 is 0 Å². The first-order valence-electron chi connectivity index (χ1n) is 8.87. The number of aryl methyl sites for hydroxylation is 1. The zero-order valence-corrected chi connectivity index (χ0v) is 15.9. The molecule has 2 aromatic rings. The maximum atomic E-state index is 12.2. The van der Waals surface area contributed by atoms with E-state index in [4.69, 9.17) is 14.2 Å². The summed E-state index contributed by atoms with van der Waals surface area (Å²) in [5.74, 6) is 0.150. The number of ether oxygens (including phenoxy) is 3. The second-order valence-corrected chi connectivity index (χ2v) is 5.81. The summed E-state index contributed by atoms with van der Waals surface area (Å²) in [7, 11) is 0. The number of hydrogen-bond acceptors (Lipinski definition) is 5. The van der Waals surface area contributed by atoms with Crippen molar-refractivity contribution in [2.75, 3.05) is 19.8 Å². The summed E-state index contributed by atoms with van der Waals surface area (Å²) in [6.45, 7) is 6.10. The van der Waals surface area contributed by atoms with Crippen LogP contribution in [0.5, 0.6) is 5.75 Å². The van der Waals surface area contributed by atoms with Gasteiger partial charge in [0.2, 0.25) is 5.76 Å². The van der Waals surface area contributed by atoms with E-state index in [9.17, 15) is 9.59 Å². The third-order valence-electron chi connectivity index (χ3n) is 3.66. The van der Waals surface area contributed by atoms with Gasteiger partial charge in [-0.2, -0.15) is 0 Å². The second kappa shape index (κ2) is 10.2. The van der Waals surface area contributed by atoms with Gasteiger partial charge in [-0.25, -0.2) is 4.79 Å². The standard InChI is InChI=1S/C22H24O5/c1-4-25-21(22(24)26-5-2)14-17-9-11-19(12-10-17)27-15-20(23)18-8-6-7-16(3)13-18/h6-14H,4-5,15H2,1-3H3/b21-14-. The highest BCUT2D eigenvalue weighted by Gasteiger charge is 2.12. The van der Waals surface area contributed by atoms with Crippen LogP contribution in [0.15, 0.2) is 54.3 Å². The first-order valence-corrected chi connectivity index (χ1v) is 8.87. The summed E-state index contributed by atoms with van der Waals surface area (Å²) in [5, 5.41) is 0. The Balaban J connectivity index is 2.00. The van der Waals surface area contributed by atoms with Crippen LogP contribution < -0.4 is 4.74 Å². The van der Waals surface area contributed by atoms with Crippen LogP contribution in [0.25, 0.3) is 6.08 Å².